The summed E-state index contributed by atoms with van der Waals surface area (Å²) in [6.45, 7) is 3.49. The SMILES string of the molecule is CCCCN(C)C(=O)COc1ccc(CN)cc1. The van der Waals surface area contributed by atoms with E-state index < -0.39 is 0 Å². The number of nitrogens with two attached hydrogens (primary N) is 1. The number of amides is 1. The molecule has 1 aromatic rings. The molecule has 0 unspecified atom stereocenters. The third kappa shape index (κ3) is 4.75. The summed E-state index contributed by atoms with van der Waals surface area (Å²) in [6.07, 6.45) is 2.10. The van der Waals surface area contributed by atoms with Crippen LogP contribution >= 0.6 is 0 Å². The molecule has 0 aliphatic carbocycles. The van der Waals surface area contributed by atoms with Crippen LogP contribution in [0.5, 0.6) is 5.75 Å². The second-order valence-electron chi connectivity index (χ2n) is 4.31. The number of rotatable bonds is 7. The lowest BCUT2D eigenvalue weighted by Crippen LogP contribution is -2.32. The zero-order valence-electron chi connectivity index (χ0n) is 11.2. The summed E-state index contributed by atoms with van der Waals surface area (Å²) in [5, 5.41) is 0. The molecule has 4 heteroatoms. The number of unbranched alkanes of at least 4 members (excludes halogenated alkanes) is 1. The first kappa shape index (κ1) is 14.5. The van der Waals surface area contributed by atoms with Crippen LogP contribution in [0.4, 0.5) is 0 Å². The minimum Gasteiger partial charge on any atom is -0.484 e. The van der Waals surface area contributed by atoms with Crippen molar-refractivity contribution in [3.05, 3.63) is 29.8 Å². The van der Waals surface area contributed by atoms with Crippen molar-refractivity contribution in [2.24, 2.45) is 5.73 Å². The minimum absolute atomic E-state index is 0.00588. The molecule has 2 N–H and O–H groups in total. The molecule has 1 rings (SSSR count). The second kappa shape index (κ2) is 7.71. The van der Waals surface area contributed by atoms with Crippen molar-refractivity contribution in [2.45, 2.75) is 26.3 Å². The van der Waals surface area contributed by atoms with Gasteiger partial charge in [-0.3, -0.25) is 4.79 Å². The highest BCUT2D eigenvalue weighted by Gasteiger charge is 2.08. The molecule has 18 heavy (non-hydrogen) atoms. The van der Waals surface area contributed by atoms with E-state index in [0.717, 1.165) is 24.9 Å². The lowest BCUT2D eigenvalue weighted by atomic mass is 10.2. The van der Waals surface area contributed by atoms with Gasteiger partial charge in [0.15, 0.2) is 6.61 Å². The summed E-state index contributed by atoms with van der Waals surface area (Å²) in [5.41, 5.74) is 6.56. The van der Waals surface area contributed by atoms with E-state index in [1.54, 1.807) is 11.9 Å². The summed E-state index contributed by atoms with van der Waals surface area (Å²) >= 11 is 0. The van der Waals surface area contributed by atoms with Gasteiger partial charge in [0.1, 0.15) is 5.75 Å². The molecular formula is C14H22N2O2. The van der Waals surface area contributed by atoms with Crippen molar-refractivity contribution in [1.82, 2.24) is 4.90 Å². The van der Waals surface area contributed by atoms with Crippen LogP contribution in [0.1, 0.15) is 25.3 Å². The number of carbonyl (C=O) groups excluding carboxylic acids is 1. The average Bonchev–Trinajstić information content (AvgIpc) is 2.42. The molecule has 0 radical (unpaired) electrons. The molecule has 4 nitrogen and oxygen atoms in total. The maximum absolute atomic E-state index is 11.7. The van der Waals surface area contributed by atoms with Gasteiger partial charge in [-0.05, 0) is 24.1 Å². The number of ether oxygens (including phenoxy) is 1. The van der Waals surface area contributed by atoms with Crippen LogP contribution in [-0.4, -0.2) is 31.0 Å². The number of hydrogen-bond acceptors (Lipinski definition) is 3. The highest BCUT2D eigenvalue weighted by Crippen LogP contribution is 2.11. The van der Waals surface area contributed by atoms with Crippen molar-refractivity contribution in [3.8, 4) is 5.75 Å². The smallest absolute Gasteiger partial charge is 0.260 e. The highest BCUT2D eigenvalue weighted by atomic mass is 16.5. The molecule has 0 saturated heterocycles. The fourth-order valence-electron chi connectivity index (χ4n) is 1.50. The van der Waals surface area contributed by atoms with Gasteiger partial charge < -0.3 is 15.4 Å². The van der Waals surface area contributed by atoms with E-state index in [1.165, 1.54) is 0 Å². The Morgan fingerprint density at radius 1 is 1.33 bits per heavy atom. The van der Waals surface area contributed by atoms with Crippen LogP contribution in [-0.2, 0) is 11.3 Å². The fourth-order valence-corrected chi connectivity index (χ4v) is 1.50. The highest BCUT2D eigenvalue weighted by molar-refractivity contribution is 5.77. The van der Waals surface area contributed by atoms with Crippen molar-refractivity contribution in [3.63, 3.8) is 0 Å². The molecule has 100 valence electrons. The number of hydrogen-bond donors (Lipinski definition) is 1. The molecule has 0 aliphatic rings. The predicted molar refractivity (Wildman–Crippen MR) is 72.4 cm³/mol. The topological polar surface area (TPSA) is 55.6 Å². The number of benzene rings is 1. The Morgan fingerprint density at radius 2 is 2.00 bits per heavy atom. The predicted octanol–water partition coefficient (Wildman–Crippen LogP) is 1.78. The normalized spacial score (nSPS) is 10.2. The Labute approximate surface area is 109 Å². The molecule has 0 aromatic heterocycles. The number of carbonyl (C=O) groups is 1. The Morgan fingerprint density at radius 3 is 2.56 bits per heavy atom. The van der Waals surface area contributed by atoms with E-state index >= 15 is 0 Å². The zero-order valence-corrected chi connectivity index (χ0v) is 11.2. The van der Waals surface area contributed by atoms with E-state index in [4.69, 9.17) is 10.5 Å². The van der Waals surface area contributed by atoms with Crippen molar-refractivity contribution in [2.75, 3.05) is 20.2 Å². The average molecular weight is 250 g/mol. The fraction of sp³-hybridized carbons (Fsp3) is 0.500. The van der Waals surface area contributed by atoms with E-state index in [9.17, 15) is 4.79 Å². The zero-order chi connectivity index (χ0) is 13.4. The van der Waals surface area contributed by atoms with E-state index in [1.807, 2.05) is 24.3 Å². The van der Waals surface area contributed by atoms with Gasteiger partial charge in [-0.1, -0.05) is 25.5 Å². The van der Waals surface area contributed by atoms with Gasteiger partial charge in [-0.2, -0.15) is 0 Å². The Hall–Kier alpha value is -1.55. The van der Waals surface area contributed by atoms with Crippen molar-refractivity contribution >= 4 is 5.91 Å². The Kier molecular flexibility index (Phi) is 6.22. The lowest BCUT2D eigenvalue weighted by molar-refractivity contribution is -0.132. The first-order valence-corrected chi connectivity index (χ1v) is 6.33. The third-order valence-corrected chi connectivity index (χ3v) is 2.79. The molecule has 0 bridgehead atoms. The van der Waals surface area contributed by atoms with Gasteiger partial charge in [0.2, 0.25) is 0 Å². The molecule has 1 amide bonds. The van der Waals surface area contributed by atoms with Crippen LogP contribution in [0.15, 0.2) is 24.3 Å². The van der Waals surface area contributed by atoms with Gasteiger partial charge in [-0.15, -0.1) is 0 Å². The van der Waals surface area contributed by atoms with Crippen LogP contribution in [0.2, 0.25) is 0 Å². The van der Waals surface area contributed by atoms with Crippen LogP contribution in [0, 0.1) is 0 Å². The molecule has 0 aliphatic heterocycles. The maximum Gasteiger partial charge on any atom is 0.260 e. The monoisotopic (exact) mass is 250 g/mol. The van der Waals surface area contributed by atoms with E-state index in [0.29, 0.717) is 12.3 Å². The van der Waals surface area contributed by atoms with Crippen molar-refractivity contribution < 1.29 is 9.53 Å². The lowest BCUT2D eigenvalue weighted by Gasteiger charge is -2.17. The summed E-state index contributed by atoms with van der Waals surface area (Å²) < 4.78 is 5.44. The molecular weight excluding hydrogens is 228 g/mol. The summed E-state index contributed by atoms with van der Waals surface area (Å²) in [5.74, 6) is 0.704. The number of likely N-dealkylation sites (N-methyl/N-ethyl adjacent to an activating group) is 1. The first-order valence-electron chi connectivity index (χ1n) is 6.33. The standard InChI is InChI=1S/C14H22N2O2/c1-3-4-9-16(2)14(17)11-18-13-7-5-12(10-15)6-8-13/h5-8H,3-4,9-11,15H2,1-2H3. The first-order chi connectivity index (χ1) is 8.67. The van der Waals surface area contributed by atoms with Gasteiger partial charge in [0.25, 0.3) is 5.91 Å². The maximum atomic E-state index is 11.7. The minimum atomic E-state index is 0.00588. The van der Waals surface area contributed by atoms with Gasteiger partial charge in [-0.25, -0.2) is 0 Å². The molecule has 0 fully saturated rings. The molecule has 0 heterocycles. The largest absolute Gasteiger partial charge is 0.484 e. The van der Waals surface area contributed by atoms with Gasteiger partial charge in [0, 0.05) is 20.1 Å². The van der Waals surface area contributed by atoms with Gasteiger partial charge in [0.05, 0.1) is 0 Å². The van der Waals surface area contributed by atoms with Crippen LogP contribution in [0.25, 0.3) is 0 Å². The van der Waals surface area contributed by atoms with E-state index in [2.05, 4.69) is 6.92 Å². The summed E-state index contributed by atoms with van der Waals surface area (Å²) in [6, 6.07) is 7.48. The molecule has 1 aromatic carbocycles. The van der Waals surface area contributed by atoms with E-state index in [-0.39, 0.29) is 12.5 Å². The molecule has 0 saturated carbocycles. The summed E-state index contributed by atoms with van der Waals surface area (Å²) in [4.78, 5) is 13.4. The second-order valence-corrected chi connectivity index (χ2v) is 4.31. The number of nitrogens with zero attached hydrogens (tertiary/aromatic N) is 1. The Bertz CT molecular complexity index is 363. The van der Waals surface area contributed by atoms with Crippen LogP contribution < -0.4 is 10.5 Å². The Balaban J connectivity index is 2.37. The molecule has 0 spiro atoms. The van der Waals surface area contributed by atoms with Crippen molar-refractivity contribution in [1.29, 1.82) is 0 Å². The quantitative estimate of drug-likeness (QED) is 0.802. The molecule has 0 atom stereocenters. The third-order valence-electron chi connectivity index (χ3n) is 2.79. The van der Waals surface area contributed by atoms with Crippen LogP contribution in [0.3, 0.4) is 0 Å². The summed E-state index contributed by atoms with van der Waals surface area (Å²) in [7, 11) is 1.80. The van der Waals surface area contributed by atoms with Gasteiger partial charge >= 0.3 is 0 Å².